The van der Waals surface area contributed by atoms with Crippen molar-refractivity contribution in [1.82, 2.24) is 14.5 Å². The Kier molecular flexibility index (Phi) is 2.53. The lowest BCUT2D eigenvalue weighted by atomic mass is 10.2. The smallest absolute Gasteiger partial charge is 0.274 e. The number of imidazole rings is 1. The highest BCUT2D eigenvalue weighted by Gasteiger charge is 2.26. The fourth-order valence-electron chi connectivity index (χ4n) is 2.56. The van der Waals surface area contributed by atoms with Crippen LogP contribution in [0.1, 0.15) is 30.3 Å². The molecule has 1 aromatic heterocycles. The summed E-state index contributed by atoms with van der Waals surface area (Å²) in [6.45, 7) is 5.83. The molecule has 0 radical (unpaired) electrons. The number of amides is 1. The number of likely N-dealkylation sites (tertiary alicyclic amines) is 1. The summed E-state index contributed by atoms with van der Waals surface area (Å²) in [6, 6.07) is 0. The SMILES string of the molecule is CC1CCN(C(=O)c2cn3c(n2)NCCC3)C1. The van der Waals surface area contributed by atoms with Gasteiger partial charge in [0.05, 0.1) is 0 Å². The maximum Gasteiger partial charge on any atom is 0.274 e. The van der Waals surface area contributed by atoms with Gasteiger partial charge in [-0.25, -0.2) is 4.98 Å². The Balaban J connectivity index is 1.79. The van der Waals surface area contributed by atoms with Crippen molar-refractivity contribution in [1.29, 1.82) is 0 Å². The van der Waals surface area contributed by atoms with Crippen molar-refractivity contribution in [2.45, 2.75) is 26.3 Å². The van der Waals surface area contributed by atoms with Gasteiger partial charge in [-0.1, -0.05) is 6.92 Å². The van der Waals surface area contributed by atoms with Gasteiger partial charge in [0, 0.05) is 32.4 Å². The Morgan fingerprint density at radius 3 is 3.12 bits per heavy atom. The summed E-state index contributed by atoms with van der Waals surface area (Å²) in [4.78, 5) is 18.5. The number of aryl methyl sites for hydroxylation is 1. The third-order valence-corrected chi connectivity index (χ3v) is 3.57. The van der Waals surface area contributed by atoms with Crippen molar-refractivity contribution in [2.24, 2.45) is 5.92 Å². The van der Waals surface area contributed by atoms with Crippen LogP contribution >= 0.6 is 0 Å². The van der Waals surface area contributed by atoms with E-state index in [9.17, 15) is 4.79 Å². The number of nitrogens with zero attached hydrogens (tertiary/aromatic N) is 3. The Morgan fingerprint density at radius 1 is 1.53 bits per heavy atom. The second-order valence-electron chi connectivity index (χ2n) is 5.07. The van der Waals surface area contributed by atoms with Gasteiger partial charge in [-0.3, -0.25) is 4.79 Å². The molecule has 1 fully saturated rings. The fraction of sp³-hybridized carbons (Fsp3) is 0.667. The number of hydrogen-bond donors (Lipinski definition) is 1. The van der Waals surface area contributed by atoms with Gasteiger partial charge in [0.1, 0.15) is 5.69 Å². The topological polar surface area (TPSA) is 50.2 Å². The molecule has 1 N–H and O–H groups in total. The van der Waals surface area contributed by atoms with Crippen molar-refractivity contribution in [3.05, 3.63) is 11.9 Å². The van der Waals surface area contributed by atoms with Crippen LogP contribution in [0.15, 0.2) is 6.20 Å². The minimum absolute atomic E-state index is 0.0815. The van der Waals surface area contributed by atoms with Gasteiger partial charge < -0.3 is 14.8 Å². The van der Waals surface area contributed by atoms with E-state index in [-0.39, 0.29) is 5.91 Å². The molecule has 0 spiro atoms. The summed E-state index contributed by atoms with van der Waals surface area (Å²) in [5.41, 5.74) is 0.587. The summed E-state index contributed by atoms with van der Waals surface area (Å²) in [5, 5.41) is 3.22. The number of fused-ring (bicyclic) bond motifs is 1. The first-order valence-electron chi connectivity index (χ1n) is 6.34. The van der Waals surface area contributed by atoms with Crippen LogP contribution in [0, 0.1) is 5.92 Å². The van der Waals surface area contributed by atoms with E-state index in [1.807, 2.05) is 15.7 Å². The average molecular weight is 234 g/mol. The summed E-state index contributed by atoms with van der Waals surface area (Å²) in [7, 11) is 0. The van der Waals surface area contributed by atoms with Gasteiger partial charge in [-0.15, -0.1) is 0 Å². The molecule has 17 heavy (non-hydrogen) atoms. The Bertz CT molecular complexity index is 416. The minimum Gasteiger partial charge on any atom is -0.356 e. The number of carbonyl (C=O) groups excluding carboxylic acids is 1. The largest absolute Gasteiger partial charge is 0.356 e. The second-order valence-corrected chi connectivity index (χ2v) is 5.07. The van der Waals surface area contributed by atoms with Gasteiger partial charge in [-0.05, 0) is 18.8 Å². The minimum atomic E-state index is 0.0815. The molecule has 1 aromatic rings. The number of anilines is 1. The first-order chi connectivity index (χ1) is 8.24. The zero-order valence-electron chi connectivity index (χ0n) is 10.1. The van der Waals surface area contributed by atoms with Crippen molar-refractivity contribution < 1.29 is 4.79 Å². The number of nitrogens with one attached hydrogen (secondary N) is 1. The van der Waals surface area contributed by atoms with E-state index in [0.717, 1.165) is 45.0 Å². The quantitative estimate of drug-likeness (QED) is 0.794. The first kappa shape index (κ1) is 10.6. The zero-order valence-corrected chi connectivity index (χ0v) is 10.1. The van der Waals surface area contributed by atoms with Crippen LogP contribution in [-0.2, 0) is 6.54 Å². The lowest BCUT2D eigenvalue weighted by Crippen LogP contribution is -2.28. The molecule has 0 saturated carbocycles. The highest BCUT2D eigenvalue weighted by molar-refractivity contribution is 5.92. The van der Waals surface area contributed by atoms with Gasteiger partial charge in [0.2, 0.25) is 5.95 Å². The molecule has 1 saturated heterocycles. The molecule has 0 aromatic carbocycles. The molecular weight excluding hydrogens is 216 g/mol. The van der Waals surface area contributed by atoms with E-state index in [0.29, 0.717) is 11.6 Å². The van der Waals surface area contributed by atoms with E-state index in [2.05, 4.69) is 17.2 Å². The van der Waals surface area contributed by atoms with E-state index >= 15 is 0 Å². The van der Waals surface area contributed by atoms with E-state index in [1.54, 1.807) is 0 Å². The molecule has 1 amide bonds. The van der Waals surface area contributed by atoms with Crippen molar-refractivity contribution in [2.75, 3.05) is 25.0 Å². The molecule has 0 bridgehead atoms. The van der Waals surface area contributed by atoms with Crippen molar-refractivity contribution >= 4 is 11.9 Å². The summed E-state index contributed by atoms with van der Waals surface area (Å²) >= 11 is 0. The highest BCUT2D eigenvalue weighted by atomic mass is 16.2. The van der Waals surface area contributed by atoms with E-state index in [1.165, 1.54) is 0 Å². The maximum atomic E-state index is 12.2. The van der Waals surface area contributed by atoms with Gasteiger partial charge >= 0.3 is 0 Å². The molecule has 1 atom stereocenters. The van der Waals surface area contributed by atoms with Crippen LogP contribution < -0.4 is 5.32 Å². The Labute approximate surface area is 101 Å². The number of rotatable bonds is 1. The predicted molar refractivity (Wildman–Crippen MR) is 65.0 cm³/mol. The molecule has 5 nitrogen and oxygen atoms in total. The fourth-order valence-corrected chi connectivity index (χ4v) is 2.56. The third kappa shape index (κ3) is 1.90. The van der Waals surface area contributed by atoms with Gasteiger partial charge in [0.25, 0.3) is 5.91 Å². The second kappa shape index (κ2) is 4.05. The lowest BCUT2D eigenvalue weighted by Gasteiger charge is -2.14. The molecule has 2 aliphatic rings. The predicted octanol–water partition coefficient (Wildman–Crippen LogP) is 1.18. The molecule has 2 aliphatic heterocycles. The molecule has 3 heterocycles. The summed E-state index contributed by atoms with van der Waals surface area (Å²) in [6.07, 6.45) is 4.09. The Morgan fingerprint density at radius 2 is 2.41 bits per heavy atom. The van der Waals surface area contributed by atoms with Gasteiger partial charge in [-0.2, -0.15) is 0 Å². The third-order valence-electron chi connectivity index (χ3n) is 3.57. The number of carbonyl (C=O) groups is 1. The van der Waals surface area contributed by atoms with Crippen molar-refractivity contribution in [3.8, 4) is 0 Å². The average Bonchev–Trinajstić information content (AvgIpc) is 2.93. The maximum absolute atomic E-state index is 12.2. The number of aromatic nitrogens is 2. The summed E-state index contributed by atoms with van der Waals surface area (Å²) in [5.74, 6) is 1.54. The summed E-state index contributed by atoms with van der Waals surface area (Å²) < 4.78 is 2.04. The lowest BCUT2D eigenvalue weighted by molar-refractivity contribution is 0.0783. The van der Waals surface area contributed by atoms with Crippen LogP contribution in [0.3, 0.4) is 0 Å². The first-order valence-corrected chi connectivity index (χ1v) is 6.34. The molecule has 92 valence electrons. The molecule has 0 aliphatic carbocycles. The van der Waals surface area contributed by atoms with Crippen LogP contribution in [0.25, 0.3) is 0 Å². The van der Waals surface area contributed by atoms with Crippen LogP contribution in [-0.4, -0.2) is 40.0 Å². The Hall–Kier alpha value is -1.52. The number of hydrogen-bond acceptors (Lipinski definition) is 3. The highest BCUT2D eigenvalue weighted by Crippen LogP contribution is 2.20. The van der Waals surface area contributed by atoms with E-state index < -0.39 is 0 Å². The van der Waals surface area contributed by atoms with Crippen LogP contribution in [0.2, 0.25) is 0 Å². The monoisotopic (exact) mass is 234 g/mol. The standard InChI is InChI=1S/C12H18N4O/c1-9-3-6-15(7-9)11(17)10-8-16-5-2-4-13-12(16)14-10/h8-9H,2-7H2,1H3,(H,13,14). The van der Waals surface area contributed by atoms with Gasteiger partial charge in [0.15, 0.2) is 0 Å². The van der Waals surface area contributed by atoms with E-state index in [4.69, 9.17) is 0 Å². The molecule has 1 unspecified atom stereocenters. The van der Waals surface area contributed by atoms with Crippen molar-refractivity contribution in [3.63, 3.8) is 0 Å². The van der Waals surface area contributed by atoms with Crippen LogP contribution in [0.4, 0.5) is 5.95 Å². The van der Waals surface area contributed by atoms with Crippen LogP contribution in [0.5, 0.6) is 0 Å². The normalized spacial score (nSPS) is 23.4. The zero-order chi connectivity index (χ0) is 11.8. The molecule has 3 rings (SSSR count). The molecule has 5 heteroatoms. The molecular formula is C12H18N4O.